The van der Waals surface area contributed by atoms with Gasteiger partial charge in [-0.2, -0.15) is 0 Å². The summed E-state index contributed by atoms with van der Waals surface area (Å²) >= 11 is 0. The molecule has 1 aliphatic carbocycles. The molecule has 4 nitrogen and oxygen atoms in total. The first-order valence-electron chi connectivity index (χ1n) is 7.12. The van der Waals surface area contributed by atoms with Gasteiger partial charge in [-0.3, -0.25) is 9.59 Å². The molecule has 1 aliphatic rings. The van der Waals surface area contributed by atoms with Crippen LogP contribution in [0.4, 0.5) is 5.69 Å². The highest BCUT2D eigenvalue weighted by molar-refractivity contribution is 5.96. The number of amides is 2. The third kappa shape index (κ3) is 4.05. The van der Waals surface area contributed by atoms with Crippen molar-refractivity contribution < 1.29 is 9.59 Å². The summed E-state index contributed by atoms with van der Waals surface area (Å²) in [7, 11) is 0. The maximum absolute atomic E-state index is 12.4. The number of anilines is 1. The molecule has 0 saturated heterocycles. The van der Waals surface area contributed by atoms with E-state index in [2.05, 4.69) is 17.2 Å². The van der Waals surface area contributed by atoms with Gasteiger partial charge in [0.25, 0.3) is 0 Å². The third-order valence-corrected chi connectivity index (χ3v) is 3.57. The Kier molecular flexibility index (Phi) is 5.32. The second-order valence-corrected chi connectivity index (χ2v) is 5.04. The van der Waals surface area contributed by atoms with Gasteiger partial charge in [-0.05, 0) is 25.0 Å². The van der Waals surface area contributed by atoms with Gasteiger partial charge in [-0.1, -0.05) is 36.4 Å². The summed E-state index contributed by atoms with van der Waals surface area (Å²) < 4.78 is 0. The highest BCUT2D eigenvalue weighted by Gasteiger charge is 2.33. The van der Waals surface area contributed by atoms with E-state index in [1.807, 2.05) is 42.5 Å². The molecule has 4 heteroatoms. The van der Waals surface area contributed by atoms with E-state index in [0.29, 0.717) is 19.4 Å². The number of allylic oxidation sites excluding steroid dienone is 2. The molecule has 0 heterocycles. The van der Waals surface area contributed by atoms with E-state index in [1.54, 1.807) is 6.08 Å². The third-order valence-electron chi connectivity index (χ3n) is 3.57. The lowest BCUT2D eigenvalue weighted by molar-refractivity contribution is -0.132. The van der Waals surface area contributed by atoms with E-state index in [4.69, 9.17) is 0 Å². The molecule has 2 amide bonds. The fourth-order valence-electron chi connectivity index (χ4n) is 2.45. The van der Waals surface area contributed by atoms with Crippen LogP contribution in [0.1, 0.15) is 12.8 Å². The molecule has 0 bridgehead atoms. The summed E-state index contributed by atoms with van der Waals surface area (Å²) in [4.78, 5) is 24.6. The van der Waals surface area contributed by atoms with Crippen LogP contribution in [0.25, 0.3) is 0 Å². The predicted molar refractivity (Wildman–Crippen MR) is 83.6 cm³/mol. The number of para-hydroxylation sites is 1. The molecule has 1 aromatic carbocycles. The van der Waals surface area contributed by atoms with Crippen LogP contribution in [0.15, 0.2) is 55.1 Å². The Labute approximate surface area is 124 Å². The zero-order valence-corrected chi connectivity index (χ0v) is 11.9. The molecular weight excluding hydrogens is 264 g/mol. The van der Waals surface area contributed by atoms with Crippen molar-refractivity contribution in [2.24, 2.45) is 11.8 Å². The molecule has 0 fully saturated rings. The van der Waals surface area contributed by atoms with Crippen LogP contribution in [0, 0.1) is 11.8 Å². The molecule has 0 radical (unpaired) electrons. The van der Waals surface area contributed by atoms with Crippen LogP contribution in [-0.2, 0) is 9.59 Å². The maximum Gasteiger partial charge on any atom is 0.228 e. The van der Waals surface area contributed by atoms with E-state index in [0.717, 1.165) is 5.69 Å². The van der Waals surface area contributed by atoms with Crippen LogP contribution in [-0.4, -0.2) is 18.4 Å². The molecule has 0 saturated carbocycles. The molecule has 0 spiro atoms. The lowest BCUT2D eigenvalue weighted by Gasteiger charge is -2.26. The van der Waals surface area contributed by atoms with Crippen molar-refractivity contribution >= 4 is 17.5 Å². The van der Waals surface area contributed by atoms with Crippen molar-refractivity contribution in [1.29, 1.82) is 0 Å². The number of carbonyl (C=O) groups is 2. The fourth-order valence-corrected chi connectivity index (χ4v) is 2.45. The Morgan fingerprint density at radius 2 is 1.71 bits per heavy atom. The number of rotatable bonds is 5. The zero-order valence-electron chi connectivity index (χ0n) is 11.9. The Balaban J connectivity index is 2.04. The van der Waals surface area contributed by atoms with Gasteiger partial charge in [0.1, 0.15) is 0 Å². The normalized spacial score (nSPS) is 20.6. The smallest absolute Gasteiger partial charge is 0.228 e. The van der Waals surface area contributed by atoms with Crippen molar-refractivity contribution in [2.75, 3.05) is 11.9 Å². The Bertz CT molecular complexity index is 537. The molecule has 1 aromatic rings. The summed E-state index contributed by atoms with van der Waals surface area (Å²) in [6, 6.07) is 9.30. The minimum atomic E-state index is -0.333. The Hall–Kier alpha value is -2.36. The quantitative estimate of drug-likeness (QED) is 0.816. The number of nitrogens with one attached hydrogen (secondary N) is 2. The molecule has 2 atom stereocenters. The predicted octanol–water partition coefficient (Wildman–Crippen LogP) is 2.51. The van der Waals surface area contributed by atoms with Gasteiger partial charge in [-0.15, -0.1) is 6.58 Å². The summed E-state index contributed by atoms with van der Waals surface area (Å²) in [5.41, 5.74) is 0.752. The zero-order chi connectivity index (χ0) is 15.1. The second-order valence-electron chi connectivity index (χ2n) is 5.04. The van der Waals surface area contributed by atoms with Crippen LogP contribution in [0.3, 0.4) is 0 Å². The van der Waals surface area contributed by atoms with Crippen molar-refractivity contribution in [2.45, 2.75) is 12.8 Å². The minimum absolute atomic E-state index is 0.0903. The topological polar surface area (TPSA) is 58.2 Å². The van der Waals surface area contributed by atoms with Crippen molar-refractivity contribution in [3.05, 3.63) is 55.1 Å². The van der Waals surface area contributed by atoms with Crippen molar-refractivity contribution in [1.82, 2.24) is 5.32 Å². The summed E-state index contributed by atoms with van der Waals surface area (Å²) in [6.45, 7) is 4.00. The molecule has 0 aromatic heterocycles. The maximum atomic E-state index is 12.4. The van der Waals surface area contributed by atoms with E-state index in [1.165, 1.54) is 0 Å². The second kappa shape index (κ2) is 7.43. The number of hydrogen-bond acceptors (Lipinski definition) is 2. The molecule has 21 heavy (non-hydrogen) atoms. The molecule has 110 valence electrons. The van der Waals surface area contributed by atoms with Gasteiger partial charge in [0.05, 0.1) is 11.8 Å². The van der Waals surface area contributed by atoms with Crippen LogP contribution < -0.4 is 10.6 Å². The van der Waals surface area contributed by atoms with Crippen LogP contribution in [0.2, 0.25) is 0 Å². The van der Waals surface area contributed by atoms with Gasteiger partial charge in [0.2, 0.25) is 11.8 Å². The summed E-state index contributed by atoms with van der Waals surface area (Å²) in [5.74, 6) is -0.851. The molecule has 2 unspecified atom stereocenters. The largest absolute Gasteiger partial charge is 0.352 e. The first kappa shape index (κ1) is 15.0. The monoisotopic (exact) mass is 284 g/mol. The number of hydrogen-bond donors (Lipinski definition) is 2. The van der Waals surface area contributed by atoms with Gasteiger partial charge < -0.3 is 10.6 Å². The van der Waals surface area contributed by atoms with Crippen molar-refractivity contribution in [3.63, 3.8) is 0 Å². The molecule has 2 rings (SSSR count). The van der Waals surface area contributed by atoms with Gasteiger partial charge >= 0.3 is 0 Å². The van der Waals surface area contributed by atoms with Crippen LogP contribution >= 0.6 is 0 Å². The summed E-state index contributed by atoms with van der Waals surface area (Å²) in [5, 5.41) is 5.66. The van der Waals surface area contributed by atoms with E-state index in [9.17, 15) is 9.59 Å². The Morgan fingerprint density at radius 1 is 1.10 bits per heavy atom. The van der Waals surface area contributed by atoms with E-state index in [-0.39, 0.29) is 23.7 Å². The SMILES string of the molecule is C=CCNC(=O)C1CC=CCC1C(=O)Nc1ccccc1. The lowest BCUT2D eigenvalue weighted by atomic mass is 9.81. The molecular formula is C17H20N2O2. The van der Waals surface area contributed by atoms with Crippen molar-refractivity contribution in [3.8, 4) is 0 Å². The lowest BCUT2D eigenvalue weighted by Crippen LogP contribution is -2.40. The van der Waals surface area contributed by atoms with Gasteiger partial charge in [0.15, 0.2) is 0 Å². The first-order chi connectivity index (χ1) is 10.2. The highest BCUT2D eigenvalue weighted by Crippen LogP contribution is 2.27. The minimum Gasteiger partial charge on any atom is -0.352 e. The first-order valence-corrected chi connectivity index (χ1v) is 7.12. The number of benzene rings is 1. The Morgan fingerprint density at radius 3 is 2.33 bits per heavy atom. The fraction of sp³-hybridized carbons (Fsp3) is 0.294. The highest BCUT2D eigenvalue weighted by atomic mass is 16.2. The molecule has 2 N–H and O–H groups in total. The number of carbonyl (C=O) groups excluding carboxylic acids is 2. The molecule has 0 aliphatic heterocycles. The average Bonchev–Trinajstić information content (AvgIpc) is 2.53. The van der Waals surface area contributed by atoms with Gasteiger partial charge in [0, 0.05) is 12.2 Å². The average molecular weight is 284 g/mol. The van der Waals surface area contributed by atoms with E-state index < -0.39 is 0 Å². The van der Waals surface area contributed by atoms with Crippen LogP contribution in [0.5, 0.6) is 0 Å². The van der Waals surface area contributed by atoms with E-state index >= 15 is 0 Å². The van der Waals surface area contributed by atoms with Gasteiger partial charge in [-0.25, -0.2) is 0 Å². The summed E-state index contributed by atoms with van der Waals surface area (Å²) in [6.07, 6.45) is 6.74. The standard InChI is InChI=1S/C17H20N2O2/c1-2-12-18-16(20)14-10-6-7-11-15(14)17(21)19-13-8-4-3-5-9-13/h2-9,14-15H,1,10-12H2,(H,18,20)(H,19,21).